The van der Waals surface area contributed by atoms with Gasteiger partial charge in [0.2, 0.25) is 0 Å². The highest BCUT2D eigenvalue weighted by Gasteiger charge is 2.44. The summed E-state index contributed by atoms with van der Waals surface area (Å²) in [5, 5.41) is 8.88. The molecule has 154 valence electrons. The van der Waals surface area contributed by atoms with Crippen molar-refractivity contribution in [3.63, 3.8) is 0 Å². The van der Waals surface area contributed by atoms with Crippen LogP contribution in [0.5, 0.6) is 0 Å². The maximum Gasteiger partial charge on any atom is 0.328 e. The van der Waals surface area contributed by atoms with Gasteiger partial charge in [0.05, 0.1) is 6.54 Å². The van der Waals surface area contributed by atoms with E-state index in [9.17, 15) is 18.0 Å². The van der Waals surface area contributed by atoms with Crippen LogP contribution in [0.25, 0.3) is 0 Å². The van der Waals surface area contributed by atoms with Gasteiger partial charge in [-0.2, -0.15) is 0 Å². The Kier molecular flexibility index (Phi) is 5.24. The second kappa shape index (κ2) is 7.25. The Morgan fingerprint density at radius 3 is 2.62 bits per heavy atom. The molecule has 2 heterocycles. The number of hydroxylamine groups is 1. The average Bonchev–Trinajstić information content (AvgIpc) is 3.14. The molecule has 9 heteroatoms. The Balaban J connectivity index is 1.67. The van der Waals surface area contributed by atoms with Gasteiger partial charge in [-0.25, -0.2) is 18.7 Å². The maximum atomic E-state index is 12.6. The number of nitrogens with zero attached hydrogens (tertiary/aromatic N) is 2. The number of sulfone groups is 1. The molecule has 1 aliphatic carbocycles. The normalized spacial score (nSPS) is 18.6. The first-order valence-corrected chi connectivity index (χ1v) is 11.1. The number of amides is 2. The van der Waals surface area contributed by atoms with E-state index in [-0.39, 0.29) is 31.0 Å². The van der Waals surface area contributed by atoms with Crippen LogP contribution in [0.15, 0.2) is 12.3 Å². The lowest BCUT2D eigenvalue weighted by atomic mass is 10.1. The van der Waals surface area contributed by atoms with E-state index >= 15 is 0 Å². The van der Waals surface area contributed by atoms with Crippen LogP contribution in [-0.2, 0) is 21.2 Å². The molecule has 2 aliphatic rings. The Morgan fingerprint density at radius 1 is 1.38 bits per heavy atom. The summed E-state index contributed by atoms with van der Waals surface area (Å²) in [6.07, 6.45) is 4.61. The summed E-state index contributed by atoms with van der Waals surface area (Å²) in [6, 6.07) is 1.48. The summed E-state index contributed by atoms with van der Waals surface area (Å²) in [4.78, 5) is 25.9. The third kappa shape index (κ3) is 4.16. The zero-order valence-electron chi connectivity index (χ0n) is 16.6. The minimum atomic E-state index is -3.81. The molecule has 2 amide bonds. The number of nitrogens with one attached hydrogen (secondary N) is 1. The van der Waals surface area contributed by atoms with E-state index in [0.29, 0.717) is 5.56 Å². The highest BCUT2D eigenvalue weighted by atomic mass is 32.2. The number of rotatable bonds is 5. The van der Waals surface area contributed by atoms with Gasteiger partial charge in [-0.15, -0.1) is 0 Å². The Morgan fingerprint density at radius 2 is 2.07 bits per heavy atom. The van der Waals surface area contributed by atoms with Gasteiger partial charge in [0, 0.05) is 35.7 Å². The van der Waals surface area contributed by atoms with Crippen molar-refractivity contribution in [2.45, 2.75) is 44.4 Å². The summed E-state index contributed by atoms with van der Waals surface area (Å²) >= 11 is 0. The first kappa shape index (κ1) is 21.0. The molecule has 8 nitrogen and oxygen atoms in total. The summed E-state index contributed by atoms with van der Waals surface area (Å²) in [5.41, 5.74) is 2.93. The van der Waals surface area contributed by atoms with E-state index in [1.54, 1.807) is 12.3 Å². The van der Waals surface area contributed by atoms with Gasteiger partial charge in [0.1, 0.15) is 0 Å². The quantitative estimate of drug-likeness (QED) is 0.424. The highest BCUT2D eigenvalue weighted by molar-refractivity contribution is 7.92. The third-order valence-electron chi connectivity index (χ3n) is 5.62. The van der Waals surface area contributed by atoms with Crippen molar-refractivity contribution >= 4 is 21.8 Å². The van der Waals surface area contributed by atoms with Crippen LogP contribution in [0.3, 0.4) is 0 Å². The molecule has 0 spiro atoms. The molecule has 1 aliphatic heterocycles. The minimum absolute atomic E-state index is 0.0442. The number of hydrogen-bond donors (Lipinski definition) is 2. The van der Waals surface area contributed by atoms with Gasteiger partial charge in [-0.1, -0.05) is 11.8 Å². The van der Waals surface area contributed by atoms with Crippen LogP contribution in [-0.4, -0.2) is 52.6 Å². The number of carbonyl (C=O) groups is 2. The molecule has 3 rings (SSSR count). The van der Waals surface area contributed by atoms with E-state index in [0.717, 1.165) is 24.8 Å². The van der Waals surface area contributed by atoms with Gasteiger partial charge >= 0.3 is 6.03 Å². The van der Waals surface area contributed by atoms with E-state index in [1.165, 1.54) is 21.9 Å². The number of fused-ring (bicyclic) bond motifs is 1. The van der Waals surface area contributed by atoms with Gasteiger partial charge in [0.25, 0.3) is 5.91 Å². The van der Waals surface area contributed by atoms with Crippen molar-refractivity contribution in [2.75, 3.05) is 12.8 Å². The predicted molar refractivity (Wildman–Crippen MR) is 105 cm³/mol. The molecular formula is C20H23N3O5S. The largest absolute Gasteiger partial charge is 0.328 e. The second-order valence-electron chi connectivity index (χ2n) is 8.05. The Bertz CT molecular complexity index is 1090. The van der Waals surface area contributed by atoms with Crippen molar-refractivity contribution in [3.05, 3.63) is 23.5 Å². The molecule has 0 aromatic carbocycles. The molecule has 2 N–H and O–H groups in total. The molecule has 0 unspecified atom stereocenters. The fourth-order valence-corrected chi connectivity index (χ4v) is 3.84. The Hall–Kier alpha value is -2.75. The molecule has 1 fully saturated rings. The molecule has 1 saturated carbocycles. The predicted octanol–water partition coefficient (Wildman–Crippen LogP) is 1.13. The van der Waals surface area contributed by atoms with Crippen molar-refractivity contribution in [3.8, 4) is 23.7 Å². The first-order valence-electron chi connectivity index (χ1n) is 9.17. The van der Waals surface area contributed by atoms with Gasteiger partial charge in [-0.05, 0) is 51.0 Å². The topological polar surface area (TPSA) is 109 Å². The van der Waals surface area contributed by atoms with Crippen molar-refractivity contribution in [1.29, 1.82) is 0 Å². The second-order valence-corrected chi connectivity index (χ2v) is 10.5. The first-order chi connectivity index (χ1) is 13.5. The van der Waals surface area contributed by atoms with Crippen molar-refractivity contribution < 1.29 is 23.2 Å². The maximum absolute atomic E-state index is 12.6. The highest BCUT2D eigenvalue weighted by Crippen LogP contribution is 2.43. The molecule has 29 heavy (non-hydrogen) atoms. The fourth-order valence-electron chi connectivity index (χ4n) is 3.00. The zero-order valence-corrected chi connectivity index (χ0v) is 17.4. The minimum Gasteiger partial charge on any atom is -0.318 e. The molecule has 0 radical (unpaired) electrons. The van der Waals surface area contributed by atoms with E-state index < -0.39 is 20.5 Å². The van der Waals surface area contributed by atoms with Gasteiger partial charge < -0.3 is 4.90 Å². The van der Waals surface area contributed by atoms with Crippen LogP contribution in [0.4, 0.5) is 4.79 Å². The summed E-state index contributed by atoms with van der Waals surface area (Å²) in [5.74, 6) is 10.7. The summed E-state index contributed by atoms with van der Waals surface area (Å²) in [6.45, 7) is 3.65. The number of carbonyl (C=O) groups excluding carboxylic acids is 2. The molecule has 0 bridgehead atoms. The lowest BCUT2D eigenvalue weighted by Crippen LogP contribution is -2.50. The van der Waals surface area contributed by atoms with Crippen LogP contribution in [0.2, 0.25) is 0 Å². The lowest BCUT2D eigenvalue weighted by molar-refractivity contribution is -0.131. The summed E-state index contributed by atoms with van der Waals surface area (Å²) < 4.78 is 23.7. The van der Waals surface area contributed by atoms with Crippen LogP contribution in [0.1, 0.15) is 44.4 Å². The SMILES string of the molecule is CC1(C#CC#Cc2cc3n(c2)C(=O)N(CC[C@](C)(C(=O)NO)S(C)(=O)=O)C3)CC1. The van der Waals surface area contributed by atoms with Gasteiger partial charge in [0.15, 0.2) is 14.6 Å². The number of aromatic nitrogens is 1. The smallest absolute Gasteiger partial charge is 0.318 e. The lowest BCUT2D eigenvalue weighted by Gasteiger charge is -2.27. The van der Waals surface area contributed by atoms with Crippen LogP contribution in [0, 0.1) is 29.1 Å². The molecule has 0 saturated heterocycles. The van der Waals surface area contributed by atoms with E-state index in [1.807, 2.05) is 0 Å². The monoisotopic (exact) mass is 417 g/mol. The molecule has 1 atom stereocenters. The fraction of sp³-hybridized carbons (Fsp3) is 0.500. The zero-order chi connectivity index (χ0) is 21.4. The van der Waals surface area contributed by atoms with Crippen molar-refractivity contribution in [2.24, 2.45) is 5.41 Å². The van der Waals surface area contributed by atoms with Crippen molar-refractivity contribution in [1.82, 2.24) is 14.9 Å². The number of hydrogen-bond acceptors (Lipinski definition) is 5. The standard InChI is InChI=1S/C20H23N3O5S/c1-19(8-9-19)7-5-4-6-15-12-16-14-22(18(25)23(16)13-15)11-10-20(2,17(24)21-26)29(3,27)28/h12-13,26H,8-11,14H2,1-3H3,(H,21,24)/t20-/m1/s1. The third-order valence-corrected chi connectivity index (χ3v) is 7.65. The molecule has 1 aromatic heterocycles. The van der Waals surface area contributed by atoms with Crippen LogP contribution < -0.4 is 5.48 Å². The van der Waals surface area contributed by atoms with E-state index in [2.05, 4.69) is 30.6 Å². The molecular weight excluding hydrogens is 394 g/mol. The van der Waals surface area contributed by atoms with Crippen LogP contribution >= 0.6 is 0 Å². The average molecular weight is 417 g/mol. The Labute approximate surface area is 170 Å². The van der Waals surface area contributed by atoms with E-state index in [4.69, 9.17) is 5.21 Å². The van der Waals surface area contributed by atoms with Gasteiger partial charge in [-0.3, -0.25) is 14.6 Å². The molecule has 1 aromatic rings. The summed E-state index contributed by atoms with van der Waals surface area (Å²) in [7, 11) is -3.81.